The van der Waals surface area contributed by atoms with Gasteiger partial charge in [-0.05, 0) is 29.7 Å². The zero-order valence-corrected chi connectivity index (χ0v) is 11.5. The standard InChI is InChI=1S/C15H13Cl2N/c1-11-4-2-3-5-15(11,6-7-18)12-8-13(16)10-14(17)9-12/h2-5,8-11H,6H2,1H3. The van der Waals surface area contributed by atoms with Crippen LogP contribution in [-0.4, -0.2) is 0 Å². The van der Waals surface area contributed by atoms with Gasteiger partial charge < -0.3 is 0 Å². The molecule has 0 heterocycles. The Kier molecular flexibility index (Phi) is 3.80. The molecule has 0 aliphatic heterocycles. The van der Waals surface area contributed by atoms with Crippen molar-refractivity contribution in [3.8, 4) is 6.07 Å². The molecule has 1 aliphatic carbocycles. The highest BCUT2D eigenvalue weighted by atomic mass is 35.5. The summed E-state index contributed by atoms with van der Waals surface area (Å²) in [6, 6.07) is 7.77. The molecule has 1 aliphatic rings. The van der Waals surface area contributed by atoms with Crippen LogP contribution >= 0.6 is 23.2 Å². The van der Waals surface area contributed by atoms with Gasteiger partial charge in [0.05, 0.1) is 6.07 Å². The molecule has 3 heteroatoms. The number of hydrogen-bond donors (Lipinski definition) is 0. The van der Waals surface area contributed by atoms with Crippen LogP contribution < -0.4 is 0 Å². The van der Waals surface area contributed by atoms with Gasteiger partial charge in [0.25, 0.3) is 0 Å². The number of rotatable bonds is 2. The number of hydrogen-bond acceptors (Lipinski definition) is 1. The maximum absolute atomic E-state index is 9.13. The predicted octanol–water partition coefficient (Wildman–Crippen LogP) is 4.91. The van der Waals surface area contributed by atoms with Crippen molar-refractivity contribution in [1.29, 1.82) is 5.26 Å². The average Bonchev–Trinajstić information content (AvgIpc) is 2.31. The van der Waals surface area contributed by atoms with Crippen LogP contribution in [0.5, 0.6) is 0 Å². The molecule has 0 amide bonds. The van der Waals surface area contributed by atoms with Crippen LogP contribution in [-0.2, 0) is 5.41 Å². The zero-order valence-electron chi connectivity index (χ0n) is 10.0. The van der Waals surface area contributed by atoms with Crippen molar-refractivity contribution in [3.63, 3.8) is 0 Å². The second-order valence-corrected chi connectivity index (χ2v) is 5.44. The highest BCUT2D eigenvalue weighted by Crippen LogP contribution is 2.41. The lowest BCUT2D eigenvalue weighted by Crippen LogP contribution is -2.31. The van der Waals surface area contributed by atoms with Crippen molar-refractivity contribution in [2.75, 3.05) is 0 Å². The number of benzene rings is 1. The molecule has 0 fully saturated rings. The van der Waals surface area contributed by atoms with E-state index in [1.165, 1.54) is 0 Å². The van der Waals surface area contributed by atoms with Crippen molar-refractivity contribution < 1.29 is 0 Å². The summed E-state index contributed by atoms with van der Waals surface area (Å²) in [6.07, 6.45) is 8.57. The summed E-state index contributed by atoms with van der Waals surface area (Å²) in [5, 5.41) is 10.3. The Bertz CT molecular complexity index is 534. The normalized spacial score (nSPS) is 26.0. The second-order valence-electron chi connectivity index (χ2n) is 4.57. The van der Waals surface area contributed by atoms with Gasteiger partial charge in [-0.2, -0.15) is 5.26 Å². The lowest BCUT2D eigenvalue weighted by atomic mass is 9.67. The molecule has 0 N–H and O–H groups in total. The smallest absolute Gasteiger partial charge is 0.0634 e. The molecule has 0 saturated heterocycles. The minimum atomic E-state index is -0.335. The summed E-state index contributed by atoms with van der Waals surface area (Å²) in [5.41, 5.74) is 0.660. The Morgan fingerprint density at radius 3 is 2.44 bits per heavy atom. The molecular weight excluding hydrogens is 265 g/mol. The molecule has 92 valence electrons. The fourth-order valence-electron chi connectivity index (χ4n) is 2.42. The number of allylic oxidation sites excluding steroid dienone is 4. The van der Waals surface area contributed by atoms with Crippen LogP contribution in [0.15, 0.2) is 42.5 Å². The molecule has 18 heavy (non-hydrogen) atoms. The molecule has 0 saturated carbocycles. The molecule has 1 aromatic rings. The number of halogens is 2. The Balaban J connectivity index is 2.57. The molecule has 1 nitrogen and oxygen atoms in total. The maximum atomic E-state index is 9.13. The van der Waals surface area contributed by atoms with E-state index >= 15 is 0 Å². The molecule has 0 radical (unpaired) electrons. The third-order valence-electron chi connectivity index (χ3n) is 3.49. The second kappa shape index (κ2) is 5.18. The van der Waals surface area contributed by atoms with Crippen LogP contribution in [0.25, 0.3) is 0 Å². The van der Waals surface area contributed by atoms with E-state index in [0.717, 1.165) is 5.56 Å². The van der Waals surface area contributed by atoms with Gasteiger partial charge in [-0.25, -0.2) is 0 Å². The topological polar surface area (TPSA) is 23.8 Å². The summed E-state index contributed by atoms with van der Waals surface area (Å²) in [7, 11) is 0. The first kappa shape index (κ1) is 13.2. The first-order valence-corrected chi connectivity index (χ1v) is 6.53. The summed E-state index contributed by atoms with van der Waals surface area (Å²) < 4.78 is 0. The van der Waals surface area contributed by atoms with E-state index in [9.17, 15) is 0 Å². The lowest BCUT2D eigenvalue weighted by Gasteiger charge is -2.35. The quantitative estimate of drug-likeness (QED) is 0.754. The minimum absolute atomic E-state index is 0.233. The molecular formula is C15H13Cl2N. The van der Waals surface area contributed by atoms with Gasteiger partial charge >= 0.3 is 0 Å². The minimum Gasteiger partial charge on any atom is -0.198 e. The molecule has 2 atom stereocenters. The predicted molar refractivity (Wildman–Crippen MR) is 75.8 cm³/mol. The summed E-state index contributed by atoms with van der Waals surface area (Å²) >= 11 is 12.1. The highest BCUT2D eigenvalue weighted by molar-refractivity contribution is 6.34. The first-order valence-electron chi connectivity index (χ1n) is 5.78. The SMILES string of the molecule is CC1C=CC=CC1(CC#N)c1cc(Cl)cc(Cl)c1. The van der Waals surface area contributed by atoms with E-state index in [2.05, 4.69) is 25.1 Å². The Hall–Kier alpha value is -1.23. The third-order valence-corrected chi connectivity index (χ3v) is 3.93. The van der Waals surface area contributed by atoms with Crippen LogP contribution in [0, 0.1) is 17.2 Å². The average molecular weight is 278 g/mol. The lowest BCUT2D eigenvalue weighted by molar-refractivity contribution is 0.425. The summed E-state index contributed by atoms with van der Waals surface area (Å²) in [6.45, 7) is 2.10. The Morgan fingerprint density at radius 1 is 1.22 bits per heavy atom. The Labute approximate surface area is 117 Å². The third kappa shape index (κ3) is 2.32. The molecule has 0 aromatic heterocycles. The van der Waals surface area contributed by atoms with Gasteiger partial charge in [0.1, 0.15) is 0 Å². The molecule has 1 aromatic carbocycles. The van der Waals surface area contributed by atoms with Crippen LogP contribution in [0.2, 0.25) is 10.0 Å². The monoisotopic (exact) mass is 277 g/mol. The van der Waals surface area contributed by atoms with Crippen molar-refractivity contribution in [1.82, 2.24) is 0 Å². The van der Waals surface area contributed by atoms with Crippen LogP contribution in [0.1, 0.15) is 18.9 Å². The fraction of sp³-hybridized carbons (Fsp3) is 0.267. The van der Waals surface area contributed by atoms with E-state index in [0.29, 0.717) is 16.5 Å². The largest absolute Gasteiger partial charge is 0.198 e. The Morgan fingerprint density at radius 2 is 1.89 bits per heavy atom. The van der Waals surface area contributed by atoms with Gasteiger partial charge in [0, 0.05) is 21.9 Å². The van der Waals surface area contributed by atoms with Crippen molar-refractivity contribution in [3.05, 3.63) is 58.1 Å². The molecule has 2 rings (SSSR count). The summed E-state index contributed by atoms with van der Waals surface area (Å²) in [4.78, 5) is 0. The van der Waals surface area contributed by atoms with E-state index in [4.69, 9.17) is 28.5 Å². The van der Waals surface area contributed by atoms with Crippen molar-refractivity contribution in [2.24, 2.45) is 5.92 Å². The number of nitriles is 1. The van der Waals surface area contributed by atoms with Gasteiger partial charge in [-0.15, -0.1) is 0 Å². The van der Waals surface area contributed by atoms with Crippen molar-refractivity contribution >= 4 is 23.2 Å². The van der Waals surface area contributed by atoms with Gasteiger partial charge in [-0.1, -0.05) is 54.4 Å². The summed E-state index contributed by atoms with van der Waals surface area (Å²) in [5.74, 6) is 0.233. The highest BCUT2D eigenvalue weighted by Gasteiger charge is 2.35. The first-order chi connectivity index (χ1) is 8.58. The van der Waals surface area contributed by atoms with E-state index < -0.39 is 0 Å². The van der Waals surface area contributed by atoms with E-state index in [-0.39, 0.29) is 11.3 Å². The van der Waals surface area contributed by atoms with Crippen molar-refractivity contribution in [2.45, 2.75) is 18.8 Å². The molecule has 0 bridgehead atoms. The van der Waals surface area contributed by atoms with Gasteiger partial charge in [0.15, 0.2) is 0 Å². The molecule has 2 unspecified atom stereocenters. The van der Waals surface area contributed by atoms with E-state index in [1.54, 1.807) is 6.07 Å². The van der Waals surface area contributed by atoms with Crippen LogP contribution in [0.3, 0.4) is 0 Å². The van der Waals surface area contributed by atoms with Gasteiger partial charge in [0.2, 0.25) is 0 Å². The molecule has 0 spiro atoms. The van der Waals surface area contributed by atoms with Gasteiger partial charge in [-0.3, -0.25) is 0 Å². The maximum Gasteiger partial charge on any atom is 0.0634 e. The zero-order chi connectivity index (χ0) is 13.2. The van der Waals surface area contributed by atoms with E-state index in [1.807, 2.05) is 24.3 Å². The fourth-order valence-corrected chi connectivity index (χ4v) is 2.94. The number of nitrogens with zero attached hydrogens (tertiary/aromatic N) is 1. The van der Waals surface area contributed by atoms with Crippen LogP contribution in [0.4, 0.5) is 0 Å².